The first-order valence-electron chi connectivity index (χ1n) is 7.57. The maximum absolute atomic E-state index is 13.9. The number of halogens is 1. The summed E-state index contributed by atoms with van der Waals surface area (Å²) in [5.74, 6) is -0.368. The highest BCUT2D eigenvalue weighted by atomic mass is 32.1. The van der Waals surface area contributed by atoms with Crippen molar-refractivity contribution >= 4 is 43.9 Å². The van der Waals surface area contributed by atoms with E-state index in [0.717, 1.165) is 9.58 Å². The lowest BCUT2D eigenvalue weighted by atomic mass is 10.3. The number of hydrogen-bond donors (Lipinski definition) is 0. The van der Waals surface area contributed by atoms with E-state index in [1.54, 1.807) is 22.3 Å². The lowest BCUT2D eigenvalue weighted by Crippen LogP contribution is -2.37. The zero-order valence-electron chi connectivity index (χ0n) is 13.5. The molecular formula is C17H18FN3OS2. The lowest BCUT2D eigenvalue weighted by Gasteiger charge is -2.21. The van der Waals surface area contributed by atoms with E-state index >= 15 is 0 Å². The zero-order chi connectivity index (χ0) is 17.1. The van der Waals surface area contributed by atoms with Gasteiger partial charge in [-0.3, -0.25) is 9.69 Å². The summed E-state index contributed by atoms with van der Waals surface area (Å²) in [7, 11) is 3.92. The third-order valence-corrected chi connectivity index (χ3v) is 5.49. The minimum absolute atomic E-state index is 0.0150. The van der Waals surface area contributed by atoms with Gasteiger partial charge in [-0.05, 0) is 37.7 Å². The van der Waals surface area contributed by atoms with Crippen LogP contribution in [-0.2, 0) is 11.2 Å². The molecule has 0 bridgehead atoms. The molecule has 1 aromatic carbocycles. The molecule has 0 atom stereocenters. The maximum atomic E-state index is 13.9. The third kappa shape index (κ3) is 3.80. The van der Waals surface area contributed by atoms with E-state index in [2.05, 4.69) is 4.98 Å². The number of carbonyl (C=O) groups is 1. The Labute approximate surface area is 148 Å². The van der Waals surface area contributed by atoms with E-state index in [1.165, 1.54) is 17.4 Å². The fourth-order valence-corrected chi connectivity index (χ4v) is 4.02. The molecule has 0 fully saturated rings. The van der Waals surface area contributed by atoms with Crippen LogP contribution in [0.15, 0.2) is 35.7 Å². The van der Waals surface area contributed by atoms with E-state index in [0.29, 0.717) is 30.2 Å². The van der Waals surface area contributed by atoms with E-state index in [9.17, 15) is 9.18 Å². The summed E-state index contributed by atoms with van der Waals surface area (Å²) in [6, 6.07) is 8.77. The van der Waals surface area contributed by atoms with Crippen LogP contribution < -0.4 is 4.90 Å². The number of anilines is 1. The summed E-state index contributed by atoms with van der Waals surface area (Å²) < 4.78 is 14.7. The molecule has 0 unspecified atom stereocenters. The normalized spacial score (nSPS) is 11.3. The molecule has 3 aromatic rings. The van der Waals surface area contributed by atoms with Crippen molar-refractivity contribution in [2.75, 3.05) is 32.1 Å². The van der Waals surface area contributed by atoms with Crippen LogP contribution in [0.1, 0.15) is 4.88 Å². The number of likely N-dealkylation sites (N-methyl/N-ethyl adjacent to an activating group) is 1. The molecule has 0 spiro atoms. The Morgan fingerprint density at radius 3 is 2.71 bits per heavy atom. The first-order valence-corrected chi connectivity index (χ1v) is 9.27. The second kappa shape index (κ2) is 7.38. The van der Waals surface area contributed by atoms with Crippen molar-refractivity contribution in [1.29, 1.82) is 0 Å². The predicted octanol–water partition coefficient (Wildman–Crippen LogP) is 3.63. The molecule has 0 aliphatic carbocycles. The summed E-state index contributed by atoms with van der Waals surface area (Å²) in [5, 5.41) is 2.51. The Morgan fingerprint density at radius 2 is 2.04 bits per heavy atom. The van der Waals surface area contributed by atoms with Crippen molar-refractivity contribution in [3.05, 3.63) is 46.4 Å². The SMILES string of the molecule is CN(C)CCN(C(=O)Cc1cccs1)c1nc2c(F)cccc2s1. The van der Waals surface area contributed by atoms with Crippen LogP contribution in [0.2, 0.25) is 0 Å². The van der Waals surface area contributed by atoms with Crippen molar-refractivity contribution in [1.82, 2.24) is 9.88 Å². The Bertz CT molecular complexity index is 830. The number of rotatable bonds is 6. The van der Waals surface area contributed by atoms with Crippen molar-refractivity contribution in [3.63, 3.8) is 0 Å². The highest BCUT2D eigenvalue weighted by molar-refractivity contribution is 7.22. The van der Waals surface area contributed by atoms with Gasteiger partial charge >= 0.3 is 0 Å². The van der Waals surface area contributed by atoms with Crippen LogP contribution in [0.25, 0.3) is 10.2 Å². The Kier molecular flexibility index (Phi) is 5.23. The van der Waals surface area contributed by atoms with Gasteiger partial charge in [-0.25, -0.2) is 9.37 Å². The van der Waals surface area contributed by atoms with Gasteiger partial charge in [0.2, 0.25) is 5.91 Å². The molecule has 0 aliphatic rings. The van der Waals surface area contributed by atoms with Gasteiger partial charge in [-0.1, -0.05) is 23.5 Å². The molecule has 0 aliphatic heterocycles. The van der Waals surface area contributed by atoms with Crippen molar-refractivity contribution < 1.29 is 9.18 Å². The number of thiophene rings is 1. The average molecular weight is 363 g/mol. The maximum Gasteiger partial charge on any atom is 0.234 e. The van der Waals surface area contributed by atoms with E-state index in [-0.39, 0.29) is 11.7 Å². The van der Waals surface area contributed by atoms with Gasteiger partial charge in [0.25, 0.3) is 0 Å². The molecule has 126 valence electrons. The summed E-state index contributed by atoms with van der Waals surface area (Å²) in [5.41, 5.74) is 0.330. The highest BCUT2D eigenvalue weighted by Crippen LogP contribution is 2.30. The molecule has 0 radical (unpaired) electrons. The summed E-state index contributed by atoms with van der Waals surface area (Å²) in [6.45, 7) is 1.24. The van der Waals surface area contributed by atoms with Crippen LogP contribution in [0.3, 0.4) is 0 Å². The fraction of sp³-hybridized carbons (Fsp3) is 0.294. The first kappa shape index (κ1) is 17.0. The van der Waals surface area contributed by atoms with Crippen molar-refractivity contribution in [2.45, 2.75) is 6.42 Å². The molecular weight excluding hydrogens is 345 g/mol. The number of fused-ring (bicyclic) bond motifs is 1. The van der Waals surface area contributed by atoms with Crippen LogP contribution in [0, 0.1) is 5.82 Å². The first-order chi connectivity index (χ1) is 11.5. The number of benzene rings is 1. The minimum atomic E-state index is -0.353. The van der Waals surface area contributed by atoms with Gasteiger partial charge in [-0.2, -0.15) is 0 Å². The van der Waals surface area contributed by atoms with E-state index in [1.807, 2.05) is 42.6 Å². The Balaban J connectivity index is 1.90. The number of hydrogen-bond acceptors (Lipinski definition) is 5. The number of amides is 1. The number of aromatic nitrogens is 1. The molecule has 2 heterocycles. The standard InChI is InChI=1S/C17H18FN3OS2/c1-20(2)8-9-21(15(22)11-12-5-4-10-23-12)17-19-16-13(18)6-3-7-14(16)24-17/h3-7,10H,8-9,11H2,1-2H3. The largest absolute Gasteiger partial charge is 0.308 e. The second-order valence-electron chi connectivity index (χ2n) is 5.69. The van der Waals surface area contributed by atoms with Gasteiger partial charge in [0, 0.05) is 18.0 Å². The Hall–Kier alpha value is -1.83. The van der Waals surface area contributed by atoms with Crippen LogP contribution in [0.5, 0.6) is 0 Å². The summed E-state index contributed by atoms with van der Waals surface area (Å²) >= 11 is 2.91. The predicted molar refractivity (Wildman–Crippen MR) is 98.5 cm³/mol. The molecule has 0 N–H and O–H groups in total. The molecule has 7 heteroatoms. The third-order valence-electron chi connectivity index (χ3n) is 3.57. The van der Waals surface area contributed by atoms with Crippen LogP contribution in [0.4, 0.5) is 9.52 Å². The smallest absolute Gasteiger partial charge is 0.234 e. The number of para-hydroxylation sites is 1. The van der Waals surface area contributed by atoms with Gasteiger partial charge in [0.05, 0.1) is 11.1 Å². The van der Waals surface area contributed by atoms with Gasteiger partial charge in [-0.15, -0.1) is 11.3 Å². The van der Waals surface area contributed by atoms with Gasteiger partial charge < -0.3 is 4.90 Å². The number of carbonyl (C=O) groups excluding carboxylic acids is 1. The van der Waals surface area contributed by atoms with Gasteiger partial charge in [0.15, 0.2) is 5.13 Å². The topological polar surface area (TPSA) is 36.4 Å². The number of thiazole rings is 1. The highest BCUT2D eigenvalue weighted by Gasteiger charge is 2.21. The molecule has 24 heavy (non-hydrogen) atoms. The number of nitrogens with zero attached hydrogens (tertiary/aromatic N) is 3. The van der Waals surface area contributed by atoms with E-state index in [4.69, 9.17) is 0 Å². The van der Waals surface area contributed by atoms with Crippen molar-refractivity contribution in [3.8, 4) is 0 Å². The minimum Gasteiger partial charge on any atom is -0.308 e. The molecule has 0 saturated heterocycles. The lowest BCUT2D eigenvalue weighted by molar-refractivity contribution is -0.118. The average Bonchev–Trinajstić information content (AvgIpc) is 3.17. The zero-order valence-corrected chi connectivity index (χ0v) is 15.2. The summed E-state index contributed by atoms with van der Waals surface area (Å²) in [6.07, 6.45) is 0.337. The van der Waals surface area contributed by atoms with Crippen molar-refractivity contribution in [2.24, 2.45) is 0 Å². The quantitative estimate of drug-likeness (QED) is 0.671. The van der Waals surface area contributed by atoms with E-state index < -0.39 is 0 Å². The van der Waals surface area contributed by atoms with Gasteiger partial charge in [0.1, 0.15) is 11.3 Å². The molecule has 1 amide bonds. The van der Waals surface area contributed by atoms with Crippen LogP contribution >= 0.6 is 22.7 Å². The Morgan fingerprint density at radius 1 is 1.21 bits per heavy atom. The summed E-state index contributed by atoms with van der Waals surface area (Å²) in [4.78, 5) is 21.8. The molecule has 3 rings (SSSR count). The molecule has 4 nitrogen and oxygen atoms in total. The monoisotopic (exact) mass is 363 g/mol. The second-order valence-corrected chi connectivity index (χ2v) is 7.73. The molecule has 2 aromatic heterocycles. The van der Waals surface area contributed by atoms with Crippen LogP contribution in [-0.4, -0.2) is 43.0 Å². The molecule has 0 saturated carbocycles. The fourth-order valence-electron chi connectivity index (χ4n) is 2.30.